The number of hydrogen-bond donors (Lipinski definition) is 0. The predicted octanol–water partition coefficient (Wildman–Crippen LogP) is 0.00828. The standard InChI is InChI=1S/C10H17N3O2S/c1-9(7-11)16(14,15)13-6-5-12-4-2-3-10(12)8-13/h9-10H,2-6,8H2,1H3. The number of piperazine rings is 1. The molecule has 0 radical (unpaired) electrons. The van der Waals surface area contributed by atoms with Crippen LogP contribution in [0.3, 0.4) is 0 Å². The maximum Gasteiger partial charge on any atom is 0.230 e. The van der Waals surface area contributed by atoms with Gasteiger partial charge in [-0.3, -0.25) is 4.90 Å². The zero-order valence-corrected chi connectivity index (χ0v) is 10.3. The van der Waals surface area contributed by atoms with Gasteiger partial charge in [0.05, 0.1) is 6.07 Å². The van der Waals surface area contributed by atoms with Crippen LogP contribution < -0.4 is 0 Å². The molecule has 2 aliphatic rings. The fraction of sp³-hybridized carbons (Fsp3) is 0.900. The molecule has 0 aromatic carbocycles. The van der Waals surface area contributed by atoms with Gasteiger partial charge in [0.1, 0.15) is 0 Å². The van der Waals surface area contributed by atoms with Crippen molar-refractivity contribution in [2.45, 2.75) is 31.1 Å². The molecule has 2 aliphatic heterocycles. The average Bonchev–Trinajstić information content (AvgIpc) is 2.74. The van der Waals surface area contributed by atoms with Gasteiger partial charge in [-0.25, -0.2) is 8.42 Å². The highest BCUT2D eigenvalue weighted by atomic mass is 32.2. The molecular formula is C10H17N3O2S. The quantitative estimate of drug-likeness (QED) is 0.685. The second-order valence-corrected chi connectivity index (χ2v) is 6.76. The van der Waals surface area contributed by atoms with Gasteiger partial charge < -0.3 is 0 Å². The molecule has 16 heavy (non-hydrogen) atoms. The van der Waals surface area contributed by atoms with E-state index in [4.69, 9.17) is 5.26 Å². The van der Waals surface area contributed by atoms with Crippen LogP contribution in [-0.2, 0) is 10.0 Å². The third-order valence-corrected chi connectivity index (χ3v) is 5.59. The Hall–Kier alpha value is -0.640. The summed E-state index contributed by atoms with van der Waals surface area (Å²) in [5, 5.41) is 7.79. The fourth-order valence-electron chi connectivity index (χ4n) is 2.48. The molecule has 0 spiro atoms. The molecule has 90 valence electrons. The topological polar surface area (TPSA) is 64.4 Å². The summed E-state index contributed by atoms with van der Waals surface area (Å²) in [6.45, 7) is 4.45. The number of rotatable bonds is 2. The molecule has 2 heterocycles. The first-order valence-electron chi connectivity index (χ1n) is 5.68. The largest absolute Gasteiger partial charge is 0.298 e. The van der Waals surface area contributed by atoms with E-state index in [1.54, 1.807) is 0 Å². The van der Waals surface area contributed by atoms with E-state index < -0.39 is 15.3 Å². The van der Waals surface area contributed by atoms with E-state index in [0.29, 0.717) is 19.1 Å². The molecule has 5 nitrogen and oxygen atoms in total. The van der Waals surface area contributed by atoms with E-state index in [1.807, 2.05) is 6.07 Å². The molecule has 2 rings (SSSR count). The van der Waals surface area contributed by atoms with Crippen molar-refractivity contribution in [3.63, 3.8) is 0 Å². The van der Waals surface area contributed by atoms with Crippen molar-refractivity contribution >= 4 is 10.0 Å². The summed E-state index contributed by atoms with van der Waals surface area (Å²) in [6, 6.07) is 2.19. The molecule has 2 fully saturated rings. The van der Waals surface area contributed by atoms with Crippen LogP contribution in [0.25, 0.3) is 0 Å². The monoisotopic (exact) mass is 243 g/mol. The maximum absolute atomic E-state index is 12.0. The number of nitriles is 1. The minimum atomic E-state index is -3.41. The van der Waals surface area contributed by atoms with E-state index in [-0.39, 0.29) is 0 Å². The lowest BCUT2D eigenvalue weighted by molar-refractivity contribution is 0.158. The Labute approximate surface area is 96.7 Å². The van der Waals surface area contributed by atoms with Crippen molar-refractivity contribution < 1.29 is 8.42 Å². The van der Waals surface area contributed by atoms with Gasteiger partial charge in [0.2, 0.25) is 10.0 Å². The Morgan fingerprint density at radius 3 is 2.81 bits per heavy atom. The van der Waals surface area contributed by atoms with Crippen LogP contribution >= 0.6 is 0 Å². The Morgan fingerprint density at radius 2 is 2.12 bits per heavy atom. The molecule has 0 N–H and O–H groups in total. The number of fused-ring (bicyclic) bond motifs is 1. The molecule has 0 aromatic rings. The van der Waals surface area contributed by atoms with E-state index in [1.165, 1.54) is 11.2 Å². The number of nitrogens with zero attached hydrogens (tertiary/aromatic N) is 3. The summed E-state index contributed by atoms with van der Waals surface area (Å²) in [5.74, 6) is 0. The summed E-state index contributed by atoms with van der Waals surface area (Å²) in [4.78, 5) is 2.35. The van der Waals surface area contributed by atoms with Crippen LogP contribution in [-0.4, -0.2) is 55.1 Å². The summed E-state index contributed by atoms with van der Waals surface area (Å²) >= 11 is 0. The van der Waals surface area contributed by atoms with Gasteiger partial charge in [-0.15, -0.1) is 0 Å². The number of sulfonamides is 1. The Morgan fingerprint density at radius 1 is 1.38 bits per heavy atom. The van der Waals surface area contributed by atoms with E-state index in [2.05, 4.69) is 4.90 Å². The van der Waals surface area contributed by atoms with Crippen LogP contribution in [0.15, 0.2) is 0 Å². The molecule has 2 saturated heterocycles. The van der Waals surface area contributed by atoms with Crippen LogP contribution in [0.1, 0.15) is 19.8 Å². The molecule has 0 aliphatic carbocycles. The van der Waals surface area contributed by atoms with Crippen molar-refractivity contribution in [3.8, 4) is 6.07 Å². The van der Waals surface area contributed by atoms with E-state index in [0.717, 1.165) is 25.9 Å². The summed E-state index contributed by atoms with van der Waals surface area (Å²) < 4.78 is 25.5. The average molecular weight is 243 g/mol. The molecule has 2 unspecified atom stereocenters. The normalized spacial score (nSPS) is 29.6. The van der Waals surface area contributed by atoms with Crippen LogP contribution in [0.4, 0.5) is 0 Å². The SMILES string of the molecule is CC(C#N)S(=O)(=O)N1CCN2CCCC2C1. The van der Waals surface area contributed by atoms with Crippen molar-refractivity contribution in [1.82, 2.24) is 9.21 Å². The van der Waals surface area contributed by atoms with Crippen molar-refractivity contribution in [3.05, 3.63) is 0 Å². The van der Waals surface area contributed by atoms with Crippen LogP contribution in [0.5, 0.6) is 0 Å². The first-order valence-corrected chi connectivity index (χ1v) is 7.18. The highest BCUT2D eigenvalue weighted by Gasteiger charge is 2.37. The zero-order chi connectivity index (χ0) is 11.8. The highest BCUT2D eigenvalue weighted by Crippen LogP contribution is 2.24. The first kappa shape index (κ1) is 11.8. The lowest BCUT2D eigenvalue weighted by atomic mass is 10.2. The second-order valence-electron chi connectivity index (χ2n) is 4.51. The van der Waals surface area contributed by atoms with Gasteiger partial charge in [-0.2, -0.15) is 9.57 Å². The molecule has 0 amide bonds. The van der Waals surface area contributed by atoms with Crippen molar-refractivity contribution in [1.29, 1.82) is 5.26 Å². The lowest BCUT2D eigenvalue weighted by Gasteiger charge is -2.37. The van der Waals surface area contributed by atoms with Crippen molar-refractivity contribution in [2.75, 3.05) is 26.2 Å². The zero-order valence-electron chi connectivity index (χ0n) is 9.46. The Kier molecular flexibility index (Phi) is 3.19. The summed E-state index contributed by atoms with van der Waals surface area (Å²) in [7, 11) is -3.41. The lowest BCUT2D eigenvalue weighted by Crippen LogP contribution is -2.53. The van der Waals surface area contributed by atoms with Crippen LogP contribution in [0, 0.1) is 11.3 Å². The Bertz CT molecular complexity index is 401. The summed E-state index contributed by atoms with van der Waals surface area (Å²) in [5.41, 5.74) is 0. The van der Waals surface area contributed by atoms with Crippen molar-refractivity contribution in [2.24, 2.45) is 0 Å². The molecule has 0 saturated carbocycles. The fourth-order valence-corrected chi connectivity index (χ4v) is 3.78. The van der Waals surface area contributed by atoms with Gasteiger partial charge in [-0.05, 0) is 26.3 Å². The van der Waals surface area contributed by atoms with Gasteiger partial charge in [0.25, 0.3) is 0 Å². The van der Waals surface area contributed by atoms with Gasteiger partial charge >= 0.3 is 0 Å². The minimum Gasteiger partial charge on any atom is -0.298 e. The van der Waals surface area contributed by atoms with E-state index in [9.17, 15) is 8.42 Å². The molecule has 0 bridgehead atoms. The Balaban J connectivity index is 2.10. The maximum atomic E-state index is 12.0. The summed E-state index contributed by atoms with van der Waals surface area (Å²) in [6.07, 6.45) is 2.24. The molecule has 2 atom stereocenters. The number of hydrogen-bond acceptors (Lipinski definition) is 4. The van der Waals surface area contributed by atoms with Gasteiger partial charge in [0, 0.05) is 25.7 Å². The predicted molar refractivity (Wildman–Crippen MR) is 60.2 cm³/mol. The third-order valence-electron chi connectivity index (χ3n) is 3.54. The molecule has 6 heteroatoms. The van der Waals surface area contributed by atoms with Crippen LogP contribution in [0.2, 0.25) is 0 Å². The smallest absolute Gasteiger partial charge is 0.230 e. The second kappa shape index (κ2) is 4.32. The highest BCUT2D eigenvalue weighted by molar-refractivity contribution is 7.89. The molecule has 0 aromatic heterocycles. The van der Waals surface area contributed by atoms with Gasteiger partial charge in [0.15, 0.2) is 5.25 Å². The van der Waals surface area contributed by atoms with E-state index >= 15 is 0 Å². The minimum absolute atomic E-state index is 0.370. The first-order chi connectivity index (χ1) is 7.55. The third kappa shape index (κ3) is 1.95. The molecular weight excluding hydrogens is 226 g/mol. The van der Waals surface area contributed by atoms with Gasteiger partial charge in [-0.1, -0.05) is 0 Å².